The van der Waals surface area contributed by atoms with Gasteiger partial charge in [-0.05, 0) is 25.0 Å². The zero-order chi connectivity index (χ0) is 10.6. The number of aryl methyl sites for hydroxylation is 1. The fraction of sp³-hybridized carbons (Fsp3) is 0.333. The summed E-state index contributed by atoms with van der Waals surface area (Å²) in [7, 11) is 0. The SMILES string of the molecule is Cc1ccccc1N1C(=O)C2CC2C1=O. The molecule has 1 aliphatic heterocycles. The van der Waals surface area contributed by atoms with Crippen molar-refractivity contribution in [2.24, 2.45) is 11.8 Å². The van der Waals surface area contributed by atoms with Crippen LogP contribution in [0.2, 0.25) is 0 Å². The van der Waals surface area contributed by atoms with Gasteiger partial charge in [-0.3, -0.25) is 9.59 Å². The molecule has 1 heterocycles. The smallest absolute Gasteiger partial charge is 0.237 e. The number of amides is 2. The zero-order valence-corrected chi connectivity index (χ0v) is 8.43. The van der Waals surface area contributed by atoms with E-state index in [1.165, 1.54) is 4.90 Å². The number of nitrogens with zero attached hydrogens (tertiary/aromatic N) is 1. The van der Waals surface area contributed by atoms with E-state index in [0.717, 1.165) is 17.7 Å². The Morgan fingerprint density at radius 1 is 1.13 bits per heavy atom. The number of para-hydroxylation sites is 1. The summed E-state index contributed by atoms with van der Waals surface area (Å²) in [6.07, 6.45) is 0.764. The molecule has 2 atom stereocenters. The maximum absolute atomic E-state index is 11.8. The van der Waals surface area contributed by atoms with Gasteiger partial charge in [0.1, 0.15) is 0 Å². The van der Waals surface area contributed by atoms with Gasteiger partial charge in [0, 0.05) is 0 Å². The molecule has 0 radical (unpaired) electrons. The van der Waals surface area contributed by atoms with E-state index in [2.05, 4.69) is 0 Å². The van der Waals surface area contributed by atoms with Gasteiger partial charge >= 0.3 is 0 Å². The molecule has 0 N–H and O–H groups in total. The number of carbonyl (C=O) groups excluding carboxylic acids is 2. The third-order valence-corrected chi connectivity index (χ3v) is 3.22. The van der Waals surface area contributed by atoms with Crippen LogP contribution in [0.4, 0.5) is 5.69 Å². The summed E-state index contributed by atoms with van der Waals surface area (Å²) in [6.45, 7) is 1.92. The molecule has 2 unspecified atom stereocenters. The van der Waals surface area contributed by atoms with Gasteiger partial charge in [0.2, 0.25) is 11.8 Å². The maximum Gasteiger partial charge on any atom is 0.237 e. The van der Waals surface area contributed by atoms with Crippen LogP contribution in [0, 0.1) is 18.8 Å². The van der Waals surface area contributed by atoms with Gasteiger partial charge in [0.05, 0.1) is 17.5 Å². The van der Waals surface area contributed by atoms with Gasteiger partial charge in [-0.2, -0.15) is 0 Å². The maximum atomic E-state index is 11.8. The summed E-state index contributed by atoms with van der Waals surface area (Å²) in [5.74, 6) is -0.0622. The number of benzene rings is 1. The Morgan fingerprint density at radius 2 is 1.73 bits per heavy atom. The lowest BCUT2D eigenvalue weighted by Gasteiger charge is -2.18. The van der Waals surface area contributed by atoms with Crippen LogP contribution < -0.4 is 4.90 Å². The van der Waals surface area contributed by atoms with Crippen molar-refractivity contribution in [3.63, 3.8) is 0 Å². The second-order valence-corrected chi connectivity index (χ2v) is 4.25. The Bertz CT molecular complexity index is 446. The third-order valence-electron chi connectivity index (χ3n) is 3.22. The molecule has 2 amide bonds. The number of anilines is 1. The lowest BCUT2D eigenvalue weighted by molar-refractivity contribution is -0.123. The van der Waals surface area contributed by atoms with Gasteiger partial charge in [-0.15, -0.1) is 0 Å². The van der Waals surface area contributed by atoms with Crippen LogP contribution in [0.25, 0.3) is 0 Å². The van der Waals surface area contributed by atoms with Crippen LogP contribution >= 0.6 is 0 Å². The summed E-state index contributed by atoms with van der Waals surface area (Å²) in [4.78, 5) is 25.0. The van der Waals surface area contributed by atoms with Crippen molar-refractivity contribution >= 4 is 17.5 Å². The van der Waals surface area contributed by atoms with Gasteiger partial charge in [-0.1, -0.05) is 18.2 Å². The quantitative estimate of drug-likeness (QED) is 0.646. The second-order valence-electron chi connectivity index (χ2n) is 4.25. The fourth-order valence-corrected chi connectivity index (χ4v) is 2.23. The van der Waals surface area contributed by atoms with Crippen LogP contribution in [-0.4, -0.2) is 11.8 Å². The van der Waals surface area contributed by atoms with Crippen molar-refractivity contribution in [3.8, 4) is 0 Å². The highest BCUT2D eigenvalue weighted by Crippen LogP contribution is 2.48. The van der Waals surface area contributed by atoms with E-state index in [1.54, 1.807) is 0 Å². The zero-order valence-electron chi connectivity index (χ0n) is 8.43. The third kappa shape index (κ3) is 1.06. The van der Waals surface area contributed by atoms with Crippen LogP contribution in [0.3, 0.4) is 0 Å². The molecule has 1 saturated carbocycles. The van der Waals surface area contributed by atoms with Crippen molar-refractivity contribution < 1.29 is 9.59 Å². The van der Waals surface area contributed by atoms with E-state index in [-0.39, 0.29) is 23.7 Å². The molecule has 0 aromatic heterocycles. The highest BCUT2D eigenvalue weighted by Gasteiger charge is 2.59. The molecule has 0 spiro atoms. The monoisotopic (exact) mass is 201 g/mol. The topological polar surface area (TPSA) is 37.4 Å². The number of piperidine rings is 1. The summed E-state index contributed by atoms with van der Waals surface area (Å²) >= 11 is 0. The lowest BCUT2D eigenvalue weighted by atomic mass is 10.2. The normalized spacial score (nSPS) is 28.2. The van der Waals surface area contributed by atoms with E-state index >= 15 is 0 Å². The molecule has 1 aliphatic carbocycles. The minimum atomic E-state index is -0.0166. The Hall–Kier alpha value is -1.64. The minimum absolute atomic E-state index is 0.0145. The van der Waals surface area contributed by atoms with E-state index in [9.17, 15) is 9.59 Å². The van der Waals surface area contributed by atoms with E-state index < -0.39 is 0 Å². The predicted octanol–water partition coefficient (Wildman–Crippen LogP) is 1.50. The second kappa shape index (κ2) is 2.69. The van der Waals surface area contributed by atoms with Crippen molar-refractivity contribution in [1.82, 2.24) is 0 Å². The average Bonchev–Trinajstić information content (AvgIpc) is 2.96. The summed E-state index contributed by atoms with van der Waals surface area (Å²) in [5, 5.41) is 0. The van der Waals surface area contributed by atoms with E-state index in [1.807, 2.05) is 31.2 Å². The first-order valence-corrected chi connectivity index (χ1v) is 5.13. The molecule has 3 nitrogen and oxygen atoms in total. The van der Waals surface area contributed by atoms with Gasteiger partial charge in [0.15, 0.2) is 0 Å². The highest BCUT2D eigenvalue weighted by molar-refractivity contribution is 6.25. The molecule has 1 aromatic rings. The van der Waals surface area contributed by atoms with Crippen molar-refractivity contribution in [2.75, 3.05) is 4.90 Å². The van der Waals surface area contributed by atoms with Crippen LogP contribution in [0.15, 0.2) is 24.3 Å². The van der Waals surface area contributed by atoms with Crippen molar-refractivity contribution in [3.05, 3.63) is 29.8 Å². The molecule has 2 aliphatic rings. The Morgan fingerprint density at radius 3 is 2.33 bits per heavy atom. The largest absolute Gasteiger partial charge is 0.274 e. The van der Waals surface area contributed by atoms with E-state index in [4.69, 9.17) is 0 Å². The molecule has 3 heteroatoms. The Balaban J connectivity index is 2.05. The molecule has 1 saturated heterocycles. The van der Waals surface area contributed by atoms with Gasteiger partial charge in [-0.25, -0.2) is 4.90 Å². The minimum Gasteiger partial charge on any atom is -0.274 e. The van der Waals surface area contributed by atoms with Gasteiger partial charge in [0.25, 0.3) is 0 Å². The molecular weight excluding hydrogens is 190 g/mol. The molecule has 1 aromatic carbocycles. The Kier molecular flexibility index (Phi) is 1.55. The summed E-state index contributed by atoms with van der Waals surface area (Å²) in [5.41, 5.74) is 1.72. The average molecular weight is 201 g/mol. The molecular formula is C12H11NO2. The standard InChI is InChI=1S/C12H11NO2/c1-7-4-2-3-5-10(7)13-11(14)8-6-9(8)12(13)15/h2-5,8-9H,6H2,1H3. The van der Waals surface area contributed by atoms with Crippen LogP contribution in [-0.2, 0) is 9.59 Å². The highest BCUT2D eigenvalue weighted by atomic mass is 16.2. The molecule has 2 fully saturated rings. The number of imide groups is 1. The Labute approximate surface area is 87.7 Å². The molecule has 15 heavy (non-hydrogen) atoms. The van der Waals surface area contributed by atoms with Crippen molar-refractivity contribution in [2.45, 2.75) is 13.3 Å². The first-order valence-electron chi connectivity index (χ1n) is 5.13. The van der Waals surface area contributed by atoms with Crippen LogP contribution in [0.5, 0.6) is 0 Å². The number of carbonyl (C=O) groups is 2. The molecule has 3 rings (SSSR count). The number of hydrogen-bond acceptors (Lipinski definition) is 2. The molecule has 76 valence electrons. The summed E-state index contributed by atoms with van der Waals surface area (Å²) < 4.78 is 0. The predicted molar refractivity (Wildman–Crippen MR) is 55.3 cm³/mol. The lowest BCUT2D eigenvalue weighted by Crippen LogP contribution is -2.33. The number of hydrogen-bond donors (Lipinski definition) is 0. The van der Waals surface area contributed by atoms with Crippen molar-refractivity contribution in [1.29, 1.82) is 0 Å². The number of rotatable bonds is 1. The fourth-order valence-electron chi connectivity index (χ4n) is 2.23. The molecule has 0 bridgehead atoms. The van der Waals surface area contributed by atoms with Crippen LogP contribution in [0.1, 0.15) is 12.0 Å². The van der Waals surface area contributed by atoms with E-state index in [0.29, 0.717) is 0 Å². The van der Waals surface area contributed by atoms with Gasteiger partial charge < -0.3 is 0 Å². The first-order chi connectivity index (χ1) is 7.20. The first kappa shape index (κ1) is 8.65. The number of fused-ring (bicyclic) bond motifs is 1. The summed E-state index contributed by atoms with van der Waals surface area (Å²) in [6, 6.07) is 7.51.